The standard InChI is InChI=1S/C15H19NO3/c1-15(2)18-10-13(19-15)12-8-14(17)16(12)9-11-6-4-3-5-7-11/h3-7,12-13H,8-10H2,1-2H3/t12?,13-/m1/s1. The molecule has 1 amide bonds. The van der Waals surface area contributed by atoms with Gasteiger partial charge in [0, 0.05) is 13.0 Å². The summed E-state index contributed by atoms with van der Waals surface area (Å²) in [5.74, 6) is -0.330. The van der Waals surface area contributed by atoms with Gasteiger partial charge >= 0.3 is 0 Å². The van der Waals surface area contributed by atoms with E-state index in [0.29, 0.717) is 19.6 Å². The maximum absolute atomic E-state index is 11.8. The molecule has 0 N–H and O–H groups in total. The van der Waals surface area contributed by atoms with Gasteiger partial charge in [0.05, 0.1) is 12.6 Å². The van der Waals surface area contributed by atoms with E-state index in [2.05, 4.69) is 0 Å². The van der Waals surface area contributed by atoms with Crippen LogP contribution in [0, 0.1) is 0 Å². The SMILES string of the molecule is CC1(C)OC[C@H](C2CC(=O)N2Cc2ccccc2)O1. The highest BCUT2D eigenvalue weighted by Crippen LogP contribution is 2.33. The Hall–Kier alpha value is -1.39. The number of amides is 1. The minimum absolute atomic E-state index is 0.00332. The number of ether oxygens (including phenoxy) is 2. The van der Waals surface area contributed by atoms with Crippen LogP contribution < -0.4 is 0 Å². The Kier molecular flexibility index (Phi) is 3.07. The average molecular weight is 261 g/mol. The van der Waals surface area contributed by atoms with Gasteiger partial charge in [-0.25, -0.2) is 0 Å². The van der Waals surface area contributed by atoms with E-state index in [1.54, 1.807) is 0 Å². The fourth-order valence-corrected chi connectivity index (χ4v) is 2.70. The molecule has 19 heavy (non-hydrogen) atoms. The molecule has 2 fully saturated rings. The lowest BCUT2D eigenvalue weighted by molar-refractivity contribution is -0.169. The number of carbonyl (C=O) groups is 1. The molecule has 2 aliphatic rings. The third kappa shape index (κ3) is 2.51. The molecule has 0 radical (unpaired) electrons. The number of hydrogen-bond donors (Lipinski definition) is 0. The van der Waals surface area contributed by atoms with Crippen molar-refractivity contribution in [2.24, 2.45) is 0 Å². The van der Waals surface area contributed by atoms with Crippen LogP contribution >= 0.6 is 0 Å². The molecule has 1 unspecified atom stereocenters. The van der Waals surface area contributed by atoms with Crippen molar-refractivity contribution in [2.45, 2.75) is 44.7 Å². The minimum atomic E-state index is -0.526. The van der Waals surface area contributed by atoms with E-state index in [4.69, 9.17) is 9.47 Å². The zero-order chi connectivity index (χ0) is 13.5. The van der Waals surface area contributed by atoms with Gasteiger partial charge in [-0.15, -0.1) is 0 Å². The molecule has 4 nitrogen and oxygen atoms in total. The van der Waals surface area contributed by atoms with E-state index in [1.165, 1.54) is 0 Å². The lowest BCUT2D eigenvalue weighted by Gasteiger charge is -2.43. The number of nitrogens with zero attached hydrogens (tertiary/aromatic N) is 1. The van der Waals surface area contributed by atoms with Crippen LogP contribution in [-0.2, 0) is 20.8 Å². The average Bonchev–Trinajstić information content (AvgIpc) is 2.74. The quantitative estimate of drug-likeness (QED) is 0.781. The highest BCUT2D eigenvalue weighted by atomic mass is 16.7. The lowest BCUT2D eigenvalue weighted by atomic mass is 9.95. The zero-order valence-corrected chi connectivity index (χ0v) is 11.3. The summed E-state index contributed by atoms with van der Waals surface area (Å²) >= 11 is 0. The van der Waals surface area contributed by atoms with E-state index >= 15 is 0 Å². The van der Waals surface area contributed by atoms with Crippen LogP contribution in [0.1, 0.15) is 25.8 Å². The summed E-state index contributed by atoms with van der Waals surface area (Å²) in [5.41, 5.74) is 1.15. The molecule has 0 saturated carbocycles. The summed E-state index contributed by atoms with van der Waals surface area (Å²) < 4.78 is 11.4. The summed E-state index contributed by atoms with van der Waals surface area (Å²) in [4.78, 5) is 13.7. The molecule has 1 aromatic carbocycles. The number of hydrogen-bond acceptors (Lipinski definition) is 3. The summed E-state index contributed by atoms with van der Waals surface area (Å²) in [6.07, 6.45) is 0.563. The second-order valence-electron chi connectivity index (χ2n) is 5.65. The van der Waals surface area contributed by atoms with Crippen molar-refractivity contribution in [1.82, 2.24) is 4.90 Å². The molecule has 2 atom stereocenters. The van der Waals surface area contributed by atoms with Crippen LogP contribution in [0.15, 0.2) is 30.3 Å². The van der Waals surface area contributed by atoms with Crippen LogP contribution in [0.4, 0.5) is 0 Å². The lowest BCUT2D eigenvalue weighted by Crippen LogP contribution is -2.58. The van der Waals surface area contributed by atoms with Crippen molar-refractivity contribution in [3.63, 3.8) is 0 Å². The van der Waals surface area contributed by atoms with Crippen molar-refractivity contribution in [3.05, 3.63) is 35.9 Å². The molecular weight excluding hydrogens is 242 g/mol. The highest BCUT2D eigenvalue weighted by Gasteiger charge is 2.47. The van der Waals surface area contributed by atoms with Crippen molar-refractivity contribution in [1.29, 1.82) is 0 Å². The molecule has 2 saturated heterocycles. The van der Waals surface area contributed by atoms with Gasteiger partial charge in [-0.2, -0.15) is 0 Å². The van der Waals surface area contributed by atoms with Gasteiger partial charge in [0.2, 0.25) is 5.91 Å². The van der Waals surface area contributed by atoms with E-state index in [0.717, 1.165) is 5.56 Å². The molecule has 0 spiro atoms. The molecular formula is C15H19NO3. The van der Waals surface area contributed by atoms with Crippen LogP contribution in [0.3, 0.4) is 0 Å². The Morgan fingerprint density at radius 3 is 2.63 bits per heavy atom. The summed E-state index contributed by atoms with van der Waals surface area (Å²) in [6.45, 7) is 5.05. The molecule has 2 aliphatic heterocycles. The second-order valence-corrected chi connectivity index (χ2v) is 5.65. The Morgan fingerprint density at radius 2 is 2.05 bits per heavy atom. The van der Waals surface area contributed by atoms with Crippen LogP contribution in [0.5, 0.6) is 0 Å². The van der Waals surface area contributed by atoms with Crippen molar-refractivity contribution in [2.75, 3.05) is 6.61 Å². The van der Waals surface area contributed by atoms with Gasteiger partial charge < -0.3 is 14.4 Å². The molecule has 102 valence electrons. The Labute approximate surface area is 113 Å². The fraction of sp³-hybridized carbons (Fsp3) is 0.533. The maximum Gasteiger partial charge on any atom is 0.225 e. The smallest absolute Gasteiger partial charge is 0.225 e. The number of β-lactam (4-membered cyclic amide) rings is 1. The van der Waals surface area contributed by atoms with Crippen LogP contribution in [0.25, 0.3) is 0 Å². The van der Waals surface area contributed by atoms with Crippen molar-refractivity contribution < 1.29 is 14.3 Å². The normalized spacial score (nSPS) is 29.4. The van der Waals surface area contributed by atoms with Gasteiger partial charge in [0.25, 0.3) is 0 Å². The van der Waals surface area contributed by atoms with Gasteiger partial charge in [-0.1, -0.05) is 30.3 Å². The van der Waals surface area contributed by atoms with E-state index in [9.17, 15) is 4.79 Å². The first-order chi connectivity index (χ1) is 9.05. The highest BCUT2D eigenvalue weighted by molar-refractivity contribution is 5.83. The van der Waals surface area contributed by atoms with Crippen LogP contribution in [-0.4, -0.2) is 35.3 Å². The first-order valence-corrected chi connectivity index (χ1v) is 6.70. The van der Waals surface area contributed by atoms with E-state index < -0.39 is 5.79 Å². The van der Waals surface area contributed by atoms with E-state index in [1.807, 2.05) is 49.1 Å². The topological polar surface area (TPSA) is 38.8 Å². The number of benzene rings is 1. The molecule has 1 aromatic rings. The van der Waals surface area contributed by atoms with Gasteiger partial charge in [0.1, 0.15) is 6.10 Å². The first-order valence-electron chi connectivity index (χ1n) is 6.70. The molecule has 0 aliphatic carbocycles. The molecule has 0 bridgehead atoms. The second kappa shape index (κ2) is 4.62. The van der Waals surface area contributed by atoms with Gasteiger partial charge in [0.15, 0.2) is 5.79 Å². The van der Waals surface area contributed by atoms with Crippen LogP contribution in [0.2, 0.25) is 0 Å². The summed E-state index contributed by atoms with van der Waals surface area (Å²) in [6, 6.07) is 10.2. The number of carbonyl (C=O) groups excluding carboxylic acids is 1. The first kappa shape index (κ1) is 12.6. The Balaban J connectivity index is 1.66. The van der Waals surface area contributed by atoms with Gasteiger partial charge in [-0.05, 0) is 19.4 Å². The molecule has 0 aromatic heterocycles. The molecule has 4 heteroatoms. The Morgan fingerprint density at radius 1 is 1.32 bits per heavy atom. The van der Waals surface area contributed by atoms with E-state index in [-0.39, 0.29) is 18.1 Å². The molecule has 3 rings (SSSR count). The third-order valence-electron chi connectivity index (χ3n) is 3.76. The number of likely N-dealkylation sites (tertiary alicyclic amines) is 1. The minimum Gasteiger partial charge on any atom is -0.348 e. The van der Waals surface area contributed by atoms with Crippen molar-refractivity contribution >= 4 is 5.91 Å². The predicted molar refractivity (Wildman–Crippen MR) is 70.3 cm³/mol. The van der Waals surface area contributed by atoms with Gasteiger partial charge in [-0.3, -0.25) is 4.79 Å². The fourth-order valence-electron chi connectivity index (χ4n) is 2.70. The Bertz CT molecular complexity index is 472. The largest absolute Gasteiger partial charge is 0.348 e. The number of rotatable bonds is 3. The molecule has 2 heterocycles. The monoisotopic (exact) mass is 261 g/mol. The zero-order valence-electron chi connectivity index (χ0n) is 11.3. The maximum atomic E-state index is 11.8. The predicted octanol–water partition coefficient (Wildman–Crippen LogP) is 1.94. The van der Waals surface area contributed by atoms with Crippen molar-refractivity contribution in [3.8, 4) is 0 Å². The summed E-state index contributed by atoms with van der Waals surface area (Å²) in [7, 11) is 0. The summed E-state index contributed by atoms with van der Waals surface area (Å²) in [5, 5.41) is 0. The third-order valence-corrected chi connectivity index (χ3v) is 3.76.